The molecule has 242 valence electrons. The van der Waals surface area contributed by atoms with Gasteiger partial charge in [0.2, 0.25) is 0 Å². The molecule has 1 aliphatic rings. The summed E-state index contributed by atoms with van der Waals surface area (Å²) in [4.78, 5) is 0. The number of halogens is 1. The molecule has 1 heterocycles. The minimum absolute atomic E-state index is 0. The van der Waals surface area contributed by atoms with Crippen molar-refractivity contribution in [2.24, 2.45) is 0 Å². The van der Waals surface area contributed by atoms with Gasteiger partial charge in [-0.25, -0.2) is 0 Å². The third-order valence-corrected chi connectivity index (χ3v) is 6.20. The zero-order valence-electron chi connectivity index (χ0n) is 24.8. The SMILES string of the molecule is C.CC1(C)O[C@@H](CP)[C@H](CP)O1.Cc1cc(C)cc(C)c1.Cc1ccc(C)cc1.Cc1ccccc1.F.[2HH].[Ar].[Ar].[Ar].[Ar]. The van der Waals surface area contributed by atoms with Crippen LogP contribution in [0.25, 0.3) is 0 Å². The van der Waals surface area contributed by atoms with Crippen LogP contribution in [0.15, 0.2) is 72.8 Å². The second kappa shape index (κ2) is 32.0. The Balaban J connectivity index is -0.0000000744. The molecule has 1 fully saturated rings. The molecule has 4 atom stereocenters. The maximum absolute atomic E-state index is 5.65. The summed E-state index contributed by atoms with van der Waals surface area (Å²) in [6, 6.07) is 25.3. The van der Waals surface area contributed by atoms with Crippen LogP contribution in [0.3, 0.4) is 0 Å². The van der Waals surface area contributed by atoms with E-state index in [0.29, 0.717) is 0 Å². The minimum atomic E-state index is -0.386. The fourth-order valence-corrected chi connectivity index (χ4v) is 4.48. The standard InChI is InChI=1S/C9H12.C8H10.C7H16O2P2.C7H8.CH4.4Ar.FH.H2/c1-7-4-8(2)6-9(3)5-7;1-7-3-5-8(2)6-4-7;1-7(2)8-5(3-10)6(4-11)9-7;1-7-5-3-2-4-6-7;;;;;;;/h4-6H,1-3H3;3-6H,1-2H3;5-6H,3-4,10-11H2,1-2H3;2-6H,1H3;1H4;;;;;2*1H/t;;5-,6-;;;;;;;;/m..0......../s1/i;;;;;;;;;;1+1. The molecule has 0 spiro atoms. The average Bonchev–Trinajstić information content (AvgIpc) is 3.10. The molecule has 41 heavy (non-hydrogen) atoms. The predicted molar refractivity (Wildman–Crippen MR) is 172 cm³/mol. The van der Waals surface area contributed by atoms with Crippen molar-refractivity contribution < 1.29 is 167 Å². The molecule has 0 bridgehead atoms. The van der Waals surface area contributed by atoms with E-state index in [1.165, 1.54) is 33.4 Å². The van der Waals surface area contributed by atoms with Gasteiger partial charge < -0.3 is 9.47 Å². The van der Waals surface area contributed by atoms with Gasteiger partial charge in [-0.1, -0.05) is 114 Å². The average molecular weight is 712 g/mol. The van der Waals surface area contributed by atoms with Crippen molar-refractivity contribution in [3.63, 3.8) is 0 Å². The molecule has 2 unspecified atom stereocenters. The van der Waals surface area contributed by atoms with Gasteiger partial charge in [0, 0.05) is 152 Å². The van der Waals surface area contributed by atoms with Crippen molar-refractivity contribution in [3.8, 4) is 0 Å². The largest absolute Gasteiger partial charge is 0.344 e. The summed E-state index contributed by atoms with van der Waals surface area (Å²) in [5, 5.41) is 0. The van der Waals surface area contributed by atoms with E-state index in [2.05, 4.69) is 115 Å². The molecule has 0 amide bonds. The van der Waals surface area contributed by atoms with Crippen LogP contribution < -0.4 is 0 Å². The van der Waals surface area contributed by atoms with Crippen LogP contribution in [0.4, 0.5) is 4.70 Å². The van der Waals surface area contributed by atoms with Gasteiger partial charge in [0.25, 0.3) is 0 Å². The third kappa shape index (κ3) is 28.2. The van der Waals surface area contributed by atoms with E-state index in [1.54, 1.807) is 0 Å². The molecule has 0 radical (unpaired) electrons. The fourth-order valence-electron chi connectivity index (χ4n) is 3.68. The Kier molecular flexibility index (Phi) is 44.2. The molecule has 4 rings (SSSR count). The summed E-state index contributed by atoms with van der Waals surface area (Å²) in [6.07, 6.45) is 2.38. The van der Waals surface area contributed by atoms with Crippen molar-refractivity contribution in [3.05, 3.63) is 106 Å². The zero-order chi connectivity index (χ0) is 26.4. The molecule has 1 saturated heterocycles. The molecule has 3 aromatic carbocycles. The van der Waals surface area contributed by atoms with Crippen LogP contribution >= 0.6 is 18.5 Å². The van der Waals surface area contributed by atoms with E-state index in [0.717, 1.165) is 12.3 Å². The van der Waals surface area contributed by atoms with E-state index < -0.39 is 0 Å². The summed E-state index contributed by atoms with van der Waals surface area (Å²) in [7, 11) is 5.38. The van der Waals surface area contributed by atoms with E-state index in [4.69, 9.17) is 9.47 Å². The first kappa shape index (κ1) is 56.7. The Morgan fingerprint density at radius 3 is 1.05 bits per heavy atom. The molecule has 0 aromatic heterocycles. The van der Waals surface area contributed by atoms with E-state index in [1.807, 2.05) is 32.0 Å². The van der Waals surface area contributed by atoms with Crippen LogP contribution in [0.2, 0.25) is 0 Å². The zero-order valence-corrected chi connectivity index (χ0v) is 29.9. The first-order valence-corrected chi connectivity index (χ1v) is 13.9. The first-order valence-electron chi connectivity index (χ1n) is 12.3. The quantitative estimate of drug-likeness (QED) is 0.247. The Morgan fingerprint density at radius 2 is 0.829 bits per heavy atom. The summed E-state index contributed by atoms with van der Waals surface area (Å²) >= 11 is 0. The summed E-state index contributed by atoms with van der Waals surface area (Å²) in [6.45, 7) is 16.6. The van der Waals surface area contributed by atoms with Gasteiger partial charge in [-0.15, -0.1) is 18.5 Å². The van der Waals surface area contributed by atoms with Crippen molar-refractivity contribution in [2.45, 2.75) is 80.8 Å². The maximum atomic E-state index is 5.65. The Labute approximate surface area is 377 Å². The number of ether oxygens (including phenoxy) is 2. The number of aryl methyl sites for hydroxylation is 6. The number of hydrogen-bond acceptors (Lipinski definition) is 2. The molecule has 1 aliphatic heterocycles. The smallest absolute Gasteiger partial charge is 0.163 e. The van der Waals surface area contributed by atoms with Gasteiger partial charge in [0.1, 0.15) is 0 Å². The minimum Gasteiger partial charge on any atom is -0.344 e. The van der Waals surface area contributed by atoms with Crippen molar-refractivity contribution in [1.29, 1.82) is 0 Å². The Hall–Kier alpha value is 3.41. The molecule has 2 nitrogen and oxygen atoms in total. The first-order chi connectivity index (χ1) is 16.5. The summed E-state index contributed by atoms with van der Waals surface area (Å²) in [5.41, 5.74) is 8.04. The van der Waals surface area contributed by atoms with Crippen LogP contribution in [0.5, 0.6) is 0 Å². The van der Waals surface area contributed by atoms with Gasteiger partial charge in [0.05, 0.1) is 12.2 Å². The monoisotopic (exact) mass is 711 g/mol. The number of hydrogen-bond donors (Lipinski definition) is 0. The molecular formula is C32H53Ar4FO2P2. The van der Waals surface area contributed by atoms with Gasteiger partial charge in [-0.05, 0) is 67.7 Å². The van der Waals surface area contributed by atoms with Crippen molar-refractivity contribution in [1.82, 2.24) is 0 Å². The topological polar surface area (TPSA) is 18.5 Å². The maximum Gasteiger partial charge on any atom is 0.163 e. The van der Waals surface area contributed by atoms with Gasteiger partial charge in [-0.2, -0.15) is 0 Å². The van der Waals surface area contributed by atoms with Gasteiger partial charge in [0.15, 0.2) is 5.79 Å². The number of benzene rings is 3. The van der Waals surface area contributed by atoms with Crippen LogP contribution in [-0.4, -0.2) is 30.3 Å². The van der Waals surface area contributed by atoms with E-state index in [9.17, 15) is 0 Å². The van der Waals surface area contributed by atoms with E-state index >= 15 is 0 Å². The number of rotatable bonds is 2. The molecule has 0 N–H and O–H groups in total. The molecule has 0 aliphatic carbocycles. The van der Waals surface area contributed by atoms with E-state index in [-0.39, 0.29) is 183 Å². The molecular weight excluding hydrogens is 657 g/mol. The van der Waals surface area contributed by atoms with Gasteiger partial charge in [-0.3, -0.25) is 4.70 Å². The predicted octanol–water partition coefficient (Wildman–Crippen LogP) is 9.20. The van der Waals surface area contributed by atoms with Crippen molar-refractivity contribution in [2.75, 3.05) is 12.3 Å². The van der Waals surface area contributed by atoms with Gasteiger partial charge >= 0.3 is 0 Å². The second-order valence-corrected chi connectivity index (χ2v) is 10.6. The molecule has 9 heteroatoms. The van der Waals surface area contributed by atoms with Crippen LogP contribution in [-0.2, 0) is 9.47 Å². The summed E-state index contributed by atoms with van der Waals surface area (Å²) < 4.78 is 11.3. The fraction of sp³-hybridized carbons (Fsp3) is 0.438. The third-order valence-electron chi connectivity index (χ3n) is 5.27. The Bertz CT molecular complexity index is 916. The molecule has 3 aromatic rings. The second-order valence-electron chi connectivity index (χ2n) is 9.66. The van der Waals surface area contributed by atoms with Crippen LogP contribution in [0, 0.1) is 192 Å². The summed E-state index contributed by atoms with van der Waals surface area (Å²) in [5.74, 6) is -0.386. The van der Waals surface area contributed by atoms with Crippen LogP contribution in [0.1, 0.15) is 56.1 Å². The normalized spacial score (nSPS) is 15.1. The molecule has 0 saturated carbocycles. The van der Waals surface area contributed by atoms with Crippen molar-refractivity contribution >= 4 is 18.5 Å². The Morgan fingerprint density at radius 1 is 0.561 bits per heavy atom.